The third-order valence-electron chi connectivity index (χ3n) is 3.66. The number of nitrogens with zero attached hydrogens (tertiary/aromatic N) is 2. The zero-order chi connectivity index (χ0) is 14.7. The van der Waals surface area contributed by atoms with E-state index in [-0.39, 0.29) is 0 Å². The van der Waals surface area contributed by atoms with Gasteiger partial charge in [-0.15, -0.1) is 0 Å². The first kappa shape index (κ1) is 13.6. The minimum atomic E-state index is 0.642. The summed E-state index contributed by atoms with van der Waals surface area (Å²) >= 11 is 0. The second-order valence-electron chi connectivity index (χ2n) is 5.07. The van der Waals surface area contributed by atoms with E-state index in [1.807, 2.05) is 18.3 Å². The second-order valence-corrected chi connectivity index (χ2v) is 5.07. The molecule has 0 spiro atoms. The van der Waals surface area contributed by atoms with E-state index in [1.54, 1.807) is 13.3 Å². The lowest BCUT2D eigenvalue weighted by Crippen LogP contribution is -2.02. The van der Waals surface area contributed by atoms with Crippen LogP contribution in [-0.2, 0) is 13.0 Å². The highest BCUT2D eigenvalue weighted by Gasteiger charge is 2.09. The van der Waals surface area contributed by atoms with Crippen LogP contribution in [0.5, 0.6) is 5.75 Å². The van der Waals surface area contributed by atoms with Crippen molar-refractivity contribution in [1.82, 2.24) is 9.55 Å². The fourth-order valence-corrected chi connectivity index (χ4v) is 2.65. The van der Waals surface area contributed by atoms with Gasteiger partial charge in [0.2, 0.25) is 0 Å². The Morgan fingerprint density at radius 1 is 1.29 bits per heavy atom. The molecular weight excluding hydrogens is 262 g/mol. The van der Waals surface area contributed by atoms with Crippen LogP contribution in [0.2, 0.25) is 0 Å². The van der Waals surface area contributed by atoms with Gasteiger partial charge in [-0.25, -0.2) is 0 Å². The number of benzene rings is 1. The van der Waals surface area contributed by atoms with Crippen LogP contribution >= 0.6 is 0 Å². The van der Waals surface area contributed by atoms with Crippen molar-refractivity contribution in [3.05, 3.63) is 60.0 Å². The van der Waals surface area contributed by atoms with Crippen LogP contribution in [0.15, 0.2) is 48.9 Å². The third kappa shape index (κ3) is 2.76. The summed E-state index contributed by atoms with van der Waals surface area (Å²) in [5, 5.41) is 1.21. The van der Waals surface area contributed by atoms with Gasteiger partial charge in [-0.3, -0.25) is 4.98 Å². The quantitative estimate of drug-likeness (QED) is 0.782. The zero-order valence-electron chi connectivity index (χ0n) is 12.1. The maximum atomic E-state index is 5.73. The van der Waals surface area contributed by atoms with E-state index in [0.29, 0.717) is 6.54 Å². The SMILES string of the molecule is COc1ccc2c(c1)c(CCN)cn2Cc1cccnc1. The molecule has 0 atom stereocenters. The van der Waals surface area contributed by atoms with Crippen molar-refractivity contribution in [2.45, 2.75) is 13.0 Å². The maximum absolute atomic E-state index is 5.73. The molecule has 1 aromatic carbocycles. The van der Waals surface area contributed by atoms with Crippen molar-refractivity contribution in [1.29, 1.82) is 0 Å². The summed E-state index contributed by atoms with van der Waals surface area (Å²) in [7, 11) is 1.69. The minimum Gasteiger partial charge on any atom is -0.497 e. The van der Waals surface area contributed by atoms with E-state index >= 15 is 0 Å². The predicted octanol–water partition coefficient (Wildman–Crippen LogP) is 2.59. The first-order valence-electron chi connectivity index (χ1n) is 7.06. The smallest absolute Gasteiger partial charge is 0.119 e. The lowest BCUT2D eigenvalue weighted by Gasteiger charge is -2.06. The van der Waals surface area contributed by atoms with Gasteiger partial charge in [-0.05, 0) is 48.4 Å². The number of nitrogens with two attached hydrogens (primary N) is 1. The summed E-state index contributed by atoms with van der Waals surface area (Å²) in [6, 6.07) is 10.2. The summed E-state index contributed by atoms with van der Waals surface area (Å²) in [5.41, 5.74) is 9.38. The van der Waals surface area contributed by atoms with Crippen molar-refractivity contribution in [3.63, 3.8) is 0 Å². The first-order chi connectivity index (χ1) is 10.3. The van der Waals surface area contributed by atoms with Crippen molar-refractivity contribution < 1.29 is 4.74 Å². The van der Waals surface area contributed by atoms with Gasteiger partial charge in [0.25, 0.3) is 0 Å². The molecule has 3 rings (SSSR count). The Balaban J connectivity index is 2.06. The molecule has 21 heavy (non-hydrogen) atoms. The van der Waals surface area contributed by atoms with Gasteiger partial charge in [0.15, 0.2) is 0 Å². The monoisotopic (exact) mass is 281 g/mol. The molecule has 0 saturated heterocycles. The highest BCUT2D eigenvalue weighted by Crippen LogP contribution is 2.27. The average Bonchev–Trinajstić information content (AvgIpc) is 2.86. The fraction of sp³-hybridized carbons (Fsp3) is 0.235. The minimum absolute atomic E-state index is 0.642. The summed E-state index contributed by atoms with van der Waals surface area (Å²) < 4.78 is 7.58. The van der Waals surface area contributed by atoms with Gasteiger partial charge in [0.05, 0.1) is 7.11 Å². The van der Waals surface area contributed by atoms with E-state index in [9.17, 15) is 0 Å². The Hall–Kier alpha value is -2.33. The molecule has 0 bridgehead atoms. The molecule has 0 saturated carbocycles. The van der Waals surface area contributed by atoms with E-state index < -0.39 is 0 Å². The molecule has 4 heteroatoms. The molecule has 2 N–H and O–H groups in total. The Bertz CT molecular complexity index is 734. The number of rotatable bonds is 5. The zero-order valence-corrected chi connectivity index (χ0v) is 12.1. The number of hydrogen-bond donors (Lipinski definition) is 1. The molecule has 0 aliphatic heterocycles. The third-order valence-corrected chi connectivity index (χ3v) is 3.66. The van der Waals surface area contributed by atoms with E-state index in [0.717, 1.165) is 18.7 Å². The van der Waals surface area contributed by atoms with Gasteiger partial charge < -0.3 is 15.0 Å². The molecule has 2 heterocycles. The molecule has 108 valence electrons. The molecule has 0 unspecified atom stereocenters. The topological polar surface area (TPSA) is 53.1 Å². The number of aromatic nitrogens is 2. The maximum Gasteiger partial charge on any atom is 0.119 e. The largest absolute Gasteiger partial charge is 0.497 e. The molecule has 0 aliphatic rings. The number of fused-ring (bicyclic) bond motifs is 1. The van der Waals surface area contributed by atoms with Gasteiger partial charge in [0, 0.05) is 36.0 Å². The lowest BCUT2D eigenvalue weighted by atomic mass is 10.1. The highest BCUT2D eigenvalue weighted by atomic mass is 16.5. The van der Waals surface area contributed by atoms with Crippen LogP contribution in [0.1, 0.15) is 11.1 Å². The Labute approximate surface area is 124 Å². The molecule has 0 amide bonds. The van der Waals surface area contributed by atoms with Crippen molar-refractivity contribution in [2.75, 3.05) is 13.7 Å². The van der Waals surface area contributed by atoms with Crippen LogP contribution in [0.3, 0.4) is 0 Å². The second kappa shape index (κ2) is 5.97. The fourth-order valence-electron chi connectivity index (χ4n) is 2.65. The van der Waals surface area contributed by atoms with Gasteiger partial charge >= 0.3 is 0 Å². The molecule has 0 fully saturated rings. The molecule has 0 radical (unpaired) electrons. The summed E-state index contributed by atoms with van der Waals surface area (Å²) in [6.45, 7) is 1.45. The first-order valence-corrected chi connectivity index (χ1v) is 7.06. The normalized spacial score (nSPS) is 11.0. The summed E-state index contributed by atoms with van der Waals surface area (Å²) in [4.78, 5) is 4.18. The van der Waals surface area contributed by atoms with Crippen molar-refractivity contribution in [2.24, 2.45) is 5.73 Å². The van der Waals surface area contributed by atoms with Crippen molar-refractivity contribution in [3.8, 4) is 5.75 Å². The van der Waals surface area contributed by atoms with E-state index in [4.69, 9.17) is 10.5 Å². The molecule has 0 aliphatic carbocycles. The number of methoxy groups -OCH3 is 1. The molecular formula is C17H19N3O. The van der Waals surface area contributed by atoms with E-state index in [1.165, 1.54) is 22.0 Å². The number of pyridine rings is 1. The van der Waals surface area contributed by atoms with Gasteiger partial charge in [0.1, 0.15) is 5.75 Å². The van der Waals surface area contributed by atoms with Gasteiger partial charge in [-0.2, -0.15) is 0 Å². The number of hydrogen-bond acceptors (Lipinski definition) is 3. The van der Waals surface area contributed by atoms with E-state index in [2.05, 4.69) is 33.9 Å². The Morgan fingerprint density at radius 3 is 2.90 bits per heavy atom. The van der Waals surface area contributed by atoms with Crippen LogP contribution in [-0.4, -0.2) is 23.2 Å². The summed E-state index contributed by atoms with van der Waals surface area (Å²) in [6.07, 6.45) is 6.74. The van der Waals surface area contributed by atoms with Crippen LogP contribution in [0.4, 0.5) is 0 Å². The predicted molar refractivity (Wildman–Crippen MR) is 84.6 cm³/mol. The van der Waals surface area contributed by atoms with Crippen molar-refractivity contribution >= 4 is 10.9 Å². The molecule has 2 aromatic heterocycles. The number of ether oxygens (including phenoxy) is 1. The Morgan fingerprint density at radius 2 is 2.19 bits per heavy atom. The van der Waals surface area contributed by atoms with Crippen LogP contribution in [0, 0.1) is 0 Å². The molecule has 3 aromatic rings. The molecule has 4 nitrogen and oxygen atoms in total. The summed E-state index contributed by atoms with van der Waals surface area (Å²) in [5.74, 6) is 0.875. The highest BCUT2D eigenvalue weighted by molar-refractivity contribution is 5.85. The van der Waals surface area contributed by atoms with Gasteiger partial charge in [-0.1, -0.05) is 6.07 Å². The van der Waals surface area contributed by atoms with Crippen LogP contribution in [0.25, 0.3) is 10.9 Å². The average molecular weight is 281 g/mol. The lowest BCUT2D eigenvalue weighted by molar-refractivity contribution is 0.415. The standard InChI is InChI=1S/C17H19N3O/c1-21-15-4-5-17-16(9-15)14(6-7-18)12-20(17)11-13-3-2-8-19-10-13/h2-5,8-10,12H,6-7,11,18H2,1H3. The Kier molecular flexibility index (Phi) is 3.88. The van der Waals surface area contributed by atoms with Crippen LogP contribution < -0.4 is 10.5 Å².